The fraction of sp³-hybridized carbons (Fsp3) is 0.190. The van der Waals surface area contributed by atoms with Gasteiger partial charge in [-0.05, 0) is 35.8 Å². The van der Waals surface area contributed by atoms with Gasteiger partial charge in [0.1, 0.15) is 5.01 Å². The van der Waals surface area contributed by atoms with E-state index in [0.29, 0.717) is 16.6 Å². The van der Waals surface area contributed by atoms with Gasteiger partial charge in [-0.1, -0.05) is 47.7 Å². The zero-order valence-corrected chi connectivity index (χ0v) is 16.5. The third kappa shape index (κ3) is 5.40. The molecule has 2 aromatic carbocycles. The van der Waals surface area contributed by atoms with Crippen molar-refractivity contribution in [3.8, 4) is 11.5 Å². The SMILES string of the molecule is COc1ccc(C=CC(=O)Nc2nnc(CCc3ccccc3)s2)cc1OC. The number of anilines is 1. The van der Waals surface area contributed by atoms with Gasteiger partial charge in [0.25, 0.3) is 0 Å². The molecule has 1 aromatic heterocycles. The summed E-state index contributed by atoms with van der Waals surface area (Å²) in [7, 11) is 3.15. The van der Waals surface area contributed by atoms with Crippen molar-refractivity contribution in [1.82, 2.24) is 10.2 Å². The van der Waals surface area contributed by atoms with E-state index in [4.69, 9.17) is 9.47 Å². The quantitative estimate of drug-likeness (QED) is 0.584. The molecule has 0 spiro atoms. The Bertz CT molecular complexity index is 955. The van der Waals surface area contributed by atoms with Crippen LogP contribution in [0.3, 0.4) is 0 Å². The number of ether oxygens (including phenoxy) is 2. The van der Waals surface area contributed by atoms with E-state index < -0.39 is 0 Å². The molecule has 3 aromatic rings. The highest BCUT2D eigenvalue weighted by molar-refractivity contribution is 7.15. The summed E-state index contributed by atoms with van der Waals surface area (Å²) in [6, 6.07) is 15.6. The van der Waals surface area contributed by atoms with Crippen molar-refractivity contribution in [2.75, 3.05) is 19.5 Å². The molecule has 0 bridgehead atoms. The van der Waals surface area contributed by atoms with Crippen LogP contribution in [0.1, 0.15) is 16.1 Å². The molecule has 0 atom stereocenters. The molecule has 144 valence electrons. The molecule has 0 unspecified atom stereocenters. The highest BCUT2D eigenvalue weighted by atomic mass is 32.1. The van der Waals surface area contributed by atoms with Gasteiger partial charge in [-0.25, -0.2) is 0 Å². The van der Waals surface area contributed by atoms with Crippen molar-refractivity contribution < 1.29 is 14.3 Å². The molecular weight excluding hydrogens is 374 g/mol. The van der Waals surface area contributed by atoms with E-state index in [9.17, 15) is 4.79 Å². The summed E-state index contributed by atoms with van der Waals surface area (Å²) in [4.78, 5) is 12.1. The Morgan fingerprint density at radius 1 is 1.04 bits per heavy atom. The van der Waals surface area contributed by atoms with E-state index >= 15 is 0 Å². The number of benzene rings is 2. The summed E-state index contributed by atoms with van der Waals surface area (Å²) in [5, 5.41) is 12.3. The predicted octanol–water partition coefficient (Wildman–Crippen LogP) is 3.99. The average Bonchev–Trinajstić information content (AvgIpc) is 3.18. The van der Waals surface area contributed by atoms with E-state index in [1.807, 2.05) is 24.3 Å². The van der Waals surface area contributed by atoms with Crippen LogP contribution in [-0.4, -0.2) is 30.3 Å². The average molecular weight is 395 g/mol. The summed E-state index contributed by atoms with van der Waals surface area (Å²) in [6.45, 7) is 0. The highest BCUT2D eigenvalue weighted by Crippen LogP contribution is 2.28. The minimum atomic E-state index is -0.263. The molecule has 1 heterocycles. The lowest BCUT2D eigenvalue weighted by molar-refractivity contribution is -0.111. The summed E-state index contributed by atoms with van der Waals surface area (Å²) >= 11 is 1.39. The van der Waals surface area contributed by atoms with E-state index in [1.165, 1.54) is 23.0 Å². The lowest BCUT2D eigenvalue weighted by atomic mass is 10.1. The summed E-state index contributed by atoms with van der Waals surface area (Å²) in [5.41, 5.74) is 2.08. The van der Waals surface area contributed by atoms with Crippen molar-refractivity contribution in [2.45, 2.75) is 12.8 Å². The summed E-state index contributed by atoms with van der Waals surface area (Å²) in [5.74, 6) is 0.985. The van der Waals surface area contributed by atoms with Crippen LogP contribution in [0.15, 0.2) is 54.6 Å². The van der Waals surface area contributed by atoms with Crippen LogP contribution in [0.4, 0.5) is 5.13 Å². The molecule has 0 aliphatic heterocycles. The zero-order chi connectivity index (χ0) is 19.8. The van der Waals surface area contributed by atoms with E-state index in [2.05, 4.69) is 27.6 Å². The molecule has 1 N–H and O–H groups in total. The molecule has 6 nitrogen and oxygen atoms in total. The molecular formula is C21H21N3O3S. The van der Waals surface area contributed by atoms with Gasteiger partial charge in [-0.2, -0.15) is 0 Å². The normalized spacial score (nSPS) is 10.8. The lowest BCUT2D eigenvalue weighted by Crippen LogP contribution is -2.07. The van der Waals surface area contributed by atoms with Gasteiger partial charge in [0.15, 0.2) is 11.5 Å². The maximum atomic E-state index is 12.1. The Labute approximate surface area is 167 Å². The molecule has 0 saturated heterocycles. The topological polar surface area (TPSA) is 73.3 Å². The number of carbonyl (C=O) groups is 1. The monoisotopic (exact) mass is 395 g/mol. The Balaban J connectivity index is 1.55. The second-order valence-electron chi connectivity index (χ2n) is 5.92. The number of amides is 1. The first-order valence-corrected chi connectivity index (χ1v) is 9.57. The molecule has 0 aliphatic rings. The number of nitrogens with one attached hydrogen (secondary N) is 1. The number of rotatable bonds is 8. The Morgan fingerprint density at radius 2 is 1.82 bits per heavy atom. The molecule has 7 heteroatoms. The number of aryl methyl sites for hydroxylation is 2. The van der Waals surface area contributed by atoms with Crippen LogP contribution in [0, 0.1) is 0 Å². The molecule has 0 radical (unpaired) electrons. The lowest BCUT2D eigenvalue weighted by Gasteiger charge is -2.07. The van der Waals surface area contributed by atoms with Crippen LogP contribution in [-0.2, 0) is 17.6 Å². The molecule has 0 fully saturated rings. The molecule has 0 saturated carbocycles. The van der Waals surface area contributed by atoms with Gasteiger partial charge in [0, 0.05) is 12.5 Å². The van der Waals surface area contributed by atoms with E-state index in [0.717, 1.165) is 23.4 Å². The Hall–Kier alpha value is -3.19. The maximum Gasteiger partial charge on any atom is 0.250 e. The molecule has 3 rings (SSSR count). The van der Waals surface area contributed by atoms with Crippen LogP contribution in [0.25, 0.3) is 6.08 Å². The van der Waals surface area contributed by atoms with Gasteiger partial charge >= 0.3 is 0 Å². The third-order valence-corrected chi connectivity index (χ3v) is 4.90. The number of nitrogens with zero attached hydrogens (tertiary/aromatic N) is 2. The Kier molecular flexibility index (Phi) is 6.75. The van der Waals surface area contributed by atoms with Gasteiger partial charge in [-0.15, -0.1) is 10.2 Å². The van der Waals surface area contributed by atoms with Crippen LogP contribution < -0.4 is 14.8 Å². The summed E-state index contributed by atoms with van der Waals surface area (Å²) < 4.78 is 10.5. The number of hydrogen-bond donors (Lipinski definition) is 1. The minimum Gasteiger partial charge on any atom is -0.493 e. The smallest absolute Gasteiger partial charge is 0.250 e. The van der Waals surface area contributed by atoms with Gasteiger partial charge < -0.3 is 9.47 Å². The first-order valence-electron chi connectivity index (χ1n) is 8.75. The van der Waals surface area contributed by atoms with Crippen molar-refractivity contribution in [3.05, 3.63) is 70.7 Å². The van der Waals surface area contributed by atoms with Crippen molar-refractivity contribution >= 4 is 28.5 Å². The number of methoxy groups -OCH3 is 2. The van der Waals surface area contributed by atoms with Crippen LogP contribution in [0.5, 0.6) is 11.5 Å². The van der Waals surface area contributed by atoms with Crippen molar-refractivity contribution in [2.24, 2.45) is 0 Å². The second-order valence-corrected chi connectivity index (χ2v) is 6.99. The largest absolute Gasteiger partial charge is 0.493 e. The fourth-order valence-corrected chi connectivity index (χ4v) is 3.32. The number of hydrogen-bond acceptors (Lipinski definition) is 6. The number of aromatic nitrogens is 2. The van der Waals surface area contributed by atoms with E-state index in [1.54, 1.807) is 32.4 Å². The molecule has 0 aliphatic carbocycles. The second kappa shape index (κ2) is 9.66. The first-order chi connectivity index (χ1) is 13.7. The predicted molar refractivity (Wildman–Crippen MR) is 111 cm³/mol. The zero-order valence-electron chi connectivity index (χ0n) is 15.7. The van der Waals surface area contributed by atoms with Gasteiger partial charge in [0.05, 0.1) is 14.2 Å². The Morgan fingerprint density at radius 3 is 2.57 bits per heavy atom. The van der Waals surface area contributed by atoms with Gasteiger partial charge in [0.2, 0.25) is 11.0 Å². The van der Waals surface area contributed by atoms with Crippen molar-refractivity contribution in [3.63, 3.8) is 0 Å². The maximum absolute atomic E-state index is 12.1. The highest BCUT2D eigenvalue weighted by Gasteiger charge is 2.07. The number of carbonyl (C=O) groups excluding carboxylic acids is 1. The van der Waals surface area contributed by atoms with Crippen LogP contribution >= 0.6 is 11.3 Å². The molecule has 28 heavy (non-hydrogen) atoms. The third-order valence-electron chi connectivity index (χ3n) is 4.00. The first kappa shape index (κ1) is 19.6. The van der Waals surface area contributed by atoms with Gasteiger partial charge in [-0.3, -0.25) is 10.1 Å². The van der Waals surface area contributed by atoms with Crippen LogP contribution in [0.2, 0.25) is 0 Å². The minimum absolute atomic E-state index is 0.263. The van der Waals surface area contributed by atoms with E-state index in [-0.39, 0.29) is 5.91 Å². The van der Waals surface area contributed by atoms with Crippen molar-refractivity contribution in [1.29, 1.82) is 0 Å². The molecule has 1 amide bonds. The fourth-order valence-electron chi connectivity index (χ4n) is 2.58. The standard InChI is InChI=1S/C21H21N3O3S/c1-26-17-11-8-16(14-18(17)27-2)9-12-19(25)22-21-24-23-20(28-21)13-10-15-6-4-3-5-7-15/h3-9,11-12,14H,10,13H2,1-2H3,(H,22,24,25). The summed E-state index contributed by atoms with van der Waals surface area (Å²) in [6.07, 6.45) is 4.84.